The van der Waals surface area contributed by atoms with E-state index in [-0.39, 0.29) is 27.4 Å². The van der Waals surface area contributed by atoms with Crippen molar-refractivity contribution in [1.29, 1.82) is 0 Å². The largest absolute Gasteiger partial charge is 0.438 e. The molecule has 1 N–H and O–H groups in total. The van der Waals surface area contributed by atoms with Gasteiger partial charge in [0.15, 0.2) is 0 Å². The maximum atomic E-state index is 12.6. The zero-order chi connectivity index (χ0) is 24.3. The third-order valence-electron chi connectivity index (χ3n) is 5.53. The molecule has 34 heavy (non-hydrogen) atoms. The fraction of sp³-hybridized carbons (Fsp3) is 0.250. The van der Waals surface area contributed by atoms with Gasteiger partial charge in [0.1, 0.15) is 10.8 Å². The number of ether oxygens (including phenoxy) is 1. The molecule has 1 aliphatic heterocycles. The topological polar surface area (TPSA) is 91.8 Å². The van der Waals surface area contributed by atoms with Gasteiger partial charge in [0.05, 0.1) is 16.8 Å². The summed E-state index contributed by atoms with van der Waals surface area (Å²) in [6.07, 6.45) is 1.36. The molecule has 1 saturated heterocycles. The summed E-state index contributed by atoms with van der Waals surface area (Å²) in [6.45, 7) is 6.42. The van der Waals surface area contributed by atoms with Gasteiger partial charge in [0.2, 0.25) is 11.8 Å². The number of carbonyl (C=O) groups is 1. The predicted octanol–water partition coefficient (Wildman–Crippen LogP) is 4.31. The van der Waals surface area contributed by atoms with Gasteiger partial charge in [-0.3, -0.25) is 9.52 Å². The van der Waals surface area contributed by atoms with Gasteiger partial charge >= 0.3 is 0 Å². The number of benzene rings is 2. The number of amides is 1. The lowest BCUT2D eigenvalue weighted by molar-refractivity contribution is -0.129. The van der Waals surface area contributed by atoms with Gasteiger partial charge in [-0.05, 0) is 49.4 Å². The number of hydrogen-bond donors (Lipinski definition) is 1. The molecule has 0 unspecified atom stereocenters. The summed E-state index contributed by atoms with van der Waals surface area (Å²) in [5, 5.41) is 0.175. The van der Waals surface area contributed by atoms with Crippen molar-refractivity contribution in [2.75, 3.05) is 35.8 Å². The van der Waals surface area contributed by atoms with Crippen LogP contribution in [0.3, 0.4) is 0 Å². The van der Waals surface area contributed by atoms with E-state index in [0.717, 1.165) is 24.3 Å². The van der Waals surface area contributed by atoms with Crippen LogP contribution in [0.2, 0.25) is 5.02 Å². The molecule has 1 amide bonds. The number of aryl methyl sites for hydroxylation is 1. The lowest BCUT2D eigenvalue weighted by atomic mass is 10.2. The van der Waals surface area contributed by atoms with Crippen LogP contribution in [0.5, 0.6) is 11.6 Å². The second-order valence-electron chi connectivity index (χ2n) is 8.02. The van der Waals surface area contributed by atoms with E-state index in [1.54, 1.807) is 19.1 Å². The summed E-state index contributed by atoms with van der Waals surface area (Å²) < 4.78 is 33.4. The molecular weight excluding hydrogens is 476 g/mol. The van der Waals surface area contributed by atoms with Gasteiger partial charge in [-0.15, -0.1) is 0 Å². The fourth-order valence-electron chi connectivity index (χ4n) is 3.60. The molecule has 0 bridgehead atoms. The van der Waals surface area contributed by atoms with Crippen molar-refractivity contribution in [1.82, 2.24) is 9.88 Å². The van der Waals surface area contributed by atoms with Crippen molar-refractivity contribution in [2.24, 2.45) is 0 Å². The Balaban J connectivity index is 1.40. The number of piperazine rings is 1. The Labute approximate surface area is 204 Å². The van der Waals surface area contributed by atoms with E-state index in [2.05, 4.69) is 14.6 Å². The Morgan fingerprint density at radius 2 is 1.68 bits per heavy atom. The summed E-state index contributed by atoms with van der Waals surface area (Å²) in [5.74, 6) is 0.818. The SMILES string of the molecule is CC(=O)N1CCN(c2ccc(Oc3ncc(NS(=O)(=O)c4ccc(C)cc4)cc3Cl)cc2)CC1. The molecule has 3 aromatic rings. The molecule has 1 aromatic heterocycles. The van der Waals surface area contributed by atoms with E-state index < -0.39 is 10.0 Å². The van der Waals surface area contributed by atoms with E-state index in [9.17, 15) is 13.2 Å². The van der Waals surface area contributed by atoms with Crippen molar-refractivity contribution in [3.05, 3.63) is 71.4 Å². The van der Waals surface area contributed by atoms with Gasteiger partial charge < -0.3 is 14.5 Å². The summed E-state index contributed by atoms with van der Waals surface area (Å²) in [5.41, 5.74) is 2.24. The molecule has 4 rings (SSSR count). The third-order valence-corrected chi connectivity index (χ3v) is 7.20. The molecule has 2 heterocycles. The van der Waals surface area contributed by atoms with Gasteiger partial charge in [-0.25, -0.2) is 13.4 Å². The molecule has 2 aromatic carbocycles. The quantitative estimate of drug-likeness (QED) is 0.542. The fourth-order valence-corrected chi connectivity index (χ4v) is 4.84. The van der Waals surface area contributed by atoms with Gasteiger partial charge in [-0.2, -0.15) is 0 Å². The third kappa shape index (κ3) is 5.60. The molecule has 0 atom stereocenters. The first-order valence-electron chi connectivity index (χ1n) is 10.7. The van der Waals surface area contributed by atoms with Gasteiger partial charge in [0.25, 0.3) is 10.0 Å². The molecule has 8 nitrogen and oxygen atoms in total. The number of carbonyl (C=O) groups excluding carboxylic acids is 1. The van der Waals surface area contributed by atoms with Crippen LogP contribution in [-0.2, 0) is 14.8 Å². The first-order chi connectivity index (χ1) is 16.2. The Bertz CT molecular complexity index is 1270. The maximum Gasteiger partial charge on any atom is 0.261 e. The number of nitrogens with one attached hydrogen (secondary N) is 1. The van der Waals surface area contributed by atoms with Crippen molar-refractivity contribution < 1.29 is 17.9 Å². The average Bonchev–Trinajstić information content (AvgIpc) is 2.81. The lowest BCUT2D eigenvalue weighted by Gasteiger charge is -2.35. The van der Waals surface area contributed by atoms with Gasteiger partial charge in [-0.1, -0.05) is 29.3 Å². The van der Waals surface area contributed by atoms with Crippen LogP contribution in [0.25, 0.3) is 0 Å². The number of anilines is 2. The Kier molecular flexibility index (Phi) is 6.95. The first-order valence-corrected chi connectivity index (χ1v) is 12.6. The number of nitrogens with zero attached hydrogens (tertiary/aromatic N) is 3. The Morgan fingerprint density at radius 3 is 2.26 bits per heavy atom. The minimum atomic E-state index is -3.76. The summed E-state index contributed by atoms with van der Waals surface area (Å²) in [6, 6.07) is 15.5. The molecule has 178 valence electrons. The van der Waals surface area contributed by atoms with Crippen LogP contribution in [0.1, 0.15) is 12.5 Å². The Hall–Kier alpha value is -3.30. The standard InChI is InChI=1S/C24H25ClN4O4S/c1-17-3-9-22(10-4-17)34(31,32)27-19-15-23(25)24(26-16-19)33-21-7-5-20(6-8-21)29-13-11-28(12-14-29)18(2)30/h3-10,15-16,27H,11-14H2,1-2H3. The minimum absolute atomic E-state index is 0.0988. The zero-order valence-electron chi connectivity index (χ0n) is 18.9. The van der Waals surface area contributed by atoms with Crippen LogP contribution >= 0.6 is 11.6 Å². The first kappa shape index (κ1) is 23.8. The molecule has 0 radical (unpaired) electrons. The van der Waals surface area contributed by atoms with E-state index in [1.807, 2.05) is 36.1 Å². The highest BCUT2D eigenvalue weighted by atomic mass is 35.5. The van der Waals surface area contributed by atoms with Crippen LogP contribution < -0.4 is 14.4 Å². The van der Waals surface area contributed by atoms with Crippen LogP contribution in [0.15, 0.2) is 65.7 Å². The molecule has 1 fully saturated rings. The van der Waals surface area contributed by atoms with Crippen molar-refractivity contribution in [2.45, 2.75) is 18.7 Å². The second-order valence-corrected chi connectivity index (χ2v) is 10.1. The molecule has 1 aliphatic rings. The zero-order valence-corrected chi connectivity index (χ0v) is 20.4. The highest BCUT2D eigenvalue weighted by molar-refractivity contribution is 7.92. The average molecular weight is 501 g/mol. The number of pyridine rings is 1. The predicted molar refractivity (Wildman–Crippen MR) is 132 cm³/mol. The van der Waals surface area contributed by atoms with E-state index in [0.29, 0.717) is 18.8 Å². The van der Waals surface area contributed by atoms with Crippen molar-refractivity contribution in [3.63, 3.8) is 0 Å². The minimum Gasteiger partial charge on any atom is -0.438 e. The highest BCUT2D eigenvalue weighted by Gasteiger charge is 2.19. The lowest BCUT2D eigenvalue weighted by Crippen LogP contribution is -2.48. The number of sulfonamides is 1. The monoisotopic (exact) mass is 500 g/mol. The maximum absolute atomic E-state index is 12.6. The number of rotatable bonds is 6. The number of halogens is 1. The molecule has 0 spiro atoms. The molecule has 10 heteroatoms. The second kappa shape index (κ2) is 9.90. The smallest absolute Gasteiger partial charge is 0.261 e. The van der Waals surface area contributed by atoms with Crippen LogP contribution in [0, 0.1) is 6.92 Å². The van der Waals surface area contributed by atoms with Crippen molar-refractivity contribution in [3.8, 4) is 11.6 Å². The summed E-state index contributed by atoms with van der Waals surface area (Å²) >= 11 is 6.30. The highest BCUT2D eigenvalue weighted by Crippen LogP contribution is 2.31. The van der Waals surface area contributed by atoms with Crippen LogP contribution in [-0.4, -0.2) is 50.4 Å². The van der Waals surface area contributed by atoms with E-state index >= 15 is 0 Å². The van der Waals surface area contributed by atoms with E-state index in [1.165, 1.54) is 24.4 Å². The summed E-state index contributed by atoms with van der Waals surface area (Å²) in [7, 11) is -3.76. The van der Waals surface area contributed by atoms with Gasteiger partial charge in [0, 0.05) is 38.8 Å². The Morgan fingerprint density at radius 1 is 1.03 bits per heavy atom. The molecule has 0 aliphatic carbocycles. The van der Waals surface area contributed by atoms with Crippen LogP contribution in [0.4, 0.5) is 11.4 Å². The molecular formula is C24H25ClN4O4S. The van der Waals surface area contributed by atoms with Crippen molar-refractivity contribution >= 4 is 38.9 Å². The number of aromatic nitrogens is 1. The molecule has 0 saturated carbocycles. The normalized spacial score (nSPS) is 14.1. The van der Waals surface area contributed by atoms with E-state index in [4.69, 9.17) is 16.3 Å². The summed E-state index contributed by atoms with van der Waals surface area (Å²) in [4.78, 5) is 19.9. The number of hydrogen-bond acceptors (Lipinski definition) is 6.